The first-order valence-corrected chi connectivity index (χ1v) is 8.19. The molecule has 1 aromatic rings. The summed E-state index contributed by atoms with van der Waals surface area (Å²) >= 11 is 5.88. The van der Waals surface area contributed by atoms with Crippen LogP contribution >= 0.6 is 24.0 Å². The smallest absolute Gasteiger partial charge is 0.220 e. The molecular formula is C17H26Cl2N2O. The normalized spacial score (nSPS) is 20.6. The Hall–Kier alpha value is -0.770. The molecule has 1 fully saturated rings. The topological polar surface area (TPSA) is 41.1 Å². The van der Waals surface area contributed by atoms with Gasteiger partial charge in [0, 0.05) is 11.4 Å². The number of halogens is 2. The number of carbonyl (C=O) groups excluding carboxylic acids is 1. The van der Waals surface area contributed by atoms with Crippen molar-refractivity contribution in [3.8, 4) is 0 Å². The van der Waals surface area contributed by atoms with Gasteiger partial charge in [-0.25, -0.2) is 0 Å². The van der Waals surface area contributed by atoms with Crippen molar-refractivity contribution in [3.05, 3.63) is 34.9 Å². The molecule has 3 nitrogen and oxygen atoms in total. The third-order valence-corrected chi connectivity index (χ3v) is 4.65. The first-order valence-electron chi connectivity index (χ1n) is 7.82. The highest BCUT2D eigenvalue weighted by atomic mass is 35.5. The lowest BCUT2D eigenvalue weighted by Gasteiger charge is -2.28. The number of nitrogens with one attached hydrogen (secondary N) is 2. The van der Waals surface area contributed by atoms with Crippen LogP contribution in [-0.2, 0) is 4.79 Å². The fourth-order valence-electron chi connectivity index (χ4n) is 2.96. The molecule has 0 aliphatic carbocycles. The van der Waals surface area contributed by atoms with E-state index in [0.29, 0.717) is 18.3 Å². The minimum Gasteiger partial charge on any atom is -0.350 e. The quantitative estimate of drug-likeness (QED) is 0.848. The van der Waals surface area contributed by atoms with Crippen molar-refractivity contribution in [1.82, 2.24) is 10.6 Å². The van der Waals surface area contributed by atoms with E-state index >= 15 is 0 Å². The SMILES string of the molecule is CC(NC(=O)CC(C)C1CCCNC1)c1ccc(Cl)cc1.Cl. The number of hydrogen-bond donors (Lipinski definition) is 2. The fraction of sp³-hybridized carbons (Fsp3) is 0.588. The van der Waals surface area contributed by atoms with Crippen LogP contribution in [-0.4, -0.2) is 19.0 Å². The number of amides is 1. The zero-order valence-corrected chi connectivity index (χ0v) is 14.8. The van der Waals surface area contributed by atoms with Crippen LogP contribution in [0.4, 0.5) is 0 Å². The minimum absolute atomic E-state index is 0. The van der Waals surface area contributed by atoms with Crippen molar-refractivity contribution < 1.29 is 4.79 Å². The highest BCUT2D eigenvalue weighted by molar-refractivity contribution is 6.30. The first kappa shape index (κ1) is 19.3. The van der Waals surface area contributed by atoms with E-state index in [0.717, 1.165) is 23.7 Å². The Labute approximate surface area is 144 Å². The molecule has 1 amide bonds. The molecule has 1 saturated heterocycles. The second-order valence-electron chi connectivity index (χ2n) is 6.13. The van der Waals surface area contributed by atoms with Crippen LogP contribution in [0.25, 0.3) is 0 Å². The van der Waals surface area contributed by atoms with Gasteiger partial charge in [0.1, 0.15) is 0 Å². The standard InChI is InChI=1S/C17H25ClN2O.ClH/c1-12(15-4-3-9-19-11-15)10-17(21)20-13(2)14-5-7-16(18)8-6-14;/h5-8,12-13,15,19H,3-4,9-11H2,1-2H3,(H,20,21);1H. The van der Waals surface area contributed by atoms with Gasteiger partial charge in [-0.1, -0.05) is 30.7 Å². The Bertz CT molecular complexity index is 458. The molecule has 1 aliphatic rings. The van der Waals surface area contributed by atoms with Crippen LogP contribution in [0.1, 0.15) is 44.7 Å². The molecule has 0 radical (unpaired) electrons. The summed E-state index contributed by atoms with van der Waals surface area (Å²) in [4.78, 5) is 12.2. The third-order valence-electron chi connectivity index (χ3n) is 4.39. The summed E-state index contributed by atoms with van der Waals surface area (Å²) < 4.78 is 0. The van der Waals surface area contributed by atoms with E-state index in [2.05, 4.69) is 17.6 Å². The van der Waals surface area contributed by atoms with Crippen LogP contribution in [0, 0.1) is 11.8 Å². The average Bonchev–Trinajstić information content (AvgIpc) is 2.48. The van der Waals surface area contributed by atoms with Crippen LogP contribution in [0.3, 0.4) is 0 Å². The van der Waals surface area contributed by atoms with Gasteiger partial charge in [0.25, 0.3) is 0 Å². The van der Waals surface area contributed by atoms with E-state index < -0.39 is 0 Å². The number of carbonyl (C=O) groups is 1. The van der Waals surface area contributed by atoms with E-state index in [4.69, 9.17) is 11.6 Å². The van der Waals surface area contributed by atoms with Crippen LogP contribution in [0.15, 0.2) is 24.3 Å². The van der Waals surface area contributed by atoms with Crippen molar-refractivity contribution in [3.63, 3.8) is 0 Å². The van der Waals surface area contributed by atoms with Gasteiger partial charge in [-0.2, -0.15) is 0 Å². The predicted octanol–water partition coefficient (Wildman–Crippen LogP) is 3.96. The van der Waals surface area contributed by atoms with Gasteiger partial charge in [0.2, 0.25) is 5.91 Å². The molecule has 0 spiro atoms. The maximum absolute atomic E-state index is 12.2. The highest BCUT2D eigenvalue weighted by Gasteiger charge is 2.22. The van der Waals surface area contributed by atoms with E-state index in [1.54, 1.807) is 0 Å². The van der Waals surface area contributed by atoms with Crippen molar-refractivity contribution in [1.29, 1.82) is 0 Å². The molecule has 3 atom stereocenters. The Morgan fingerprint density at radius 2 is 2.05 bits per heavy atom. The molecule has 0 aromatic heterocycles. The van der Waals surface area contributed by atoms with Gasteiger partial charge >= 0.3 is 0 Å². The zero-order valence-electron chi connectivity index (χ0n) is 13.3. The molecule has 0 bridgehead atoms. The summed E-state index contributed by atoms with van der Waals surface area (Å²) in [7, 11) is 0. The number of piperidine rings is 1. The molecular weight excluding hydrogens is 319 g/mol. The lowest BCUT2D eigenvalue weighted by atomic mass is 9.85. The van der Waals surface area contributed by atoms with Crippen LogP contribution in [0.5, 0.6) is 0 Å². The maximum atomic E-state index is 12.2. The molecule has 5 heteroatoms. The van der Waals surface area contributed by atoms with Crippen molar-refractivity contribution >= 4 is 29.9 Å². The van der Waals surface area contributed by atoms with Gasteiger partial charge in [-0.05, 0) is 62.4 Å². The summed E-state index contributed by atoms with van der Waals surface area (Å²) in [6.07, 6.45) is 3.05. The average molecular weight is 345 g/mol. The van der Waals surface area contributed by atoms with E-state index in [9.17, 15) is 4.79 Å². The predicted molar refractivity (Wildman–Crippen MR) is 94.6 cm³/mol. The summed E-state index contributed by atoms with van der Waals surface area (Å²) in [5.74, 6) is 1.18. The fourth-order valence-corrected chi connectivity index (χ4v) is 3.08. The molecule has 2 rings (SSSR count). The molecule has 1 aliphatic heterocycles. The summed E-state index contributed by atoms with van der Waals surface area (Å²) in [6, 6.07) is 7.65. The Balaban J connectivity index is 0.00000242. The third kappa shape index (κ3) is 5.79. The van der Waals surface area contributed by atoms with Crippen molar-refractivity contribution in [2.75, 3.05) is 13.1 Å². The Kier molecular flexibility index (Phi) is 8.23. The van der Waals surface area contributed by atoms with E-state index in [1.807, 2.05) is 31.2 Å². The second-order valence-corrected chi connectivity index (χ2v) is 6.57. The minimum atomic E-state index is 0. The Morgan fingerprint density at radius 1 is 1.36 bits per heavy atom. The summed E-state index contributed by atoms with van der Waals surface area (Å²) in [5, 5.41) is 7.22. The second kappa shape index (κ2) is 9.39. The molecule has 3 unspecified atom stereocenters. The van der Waals surface area contributed by atoms with Crippen LogP contribution < -0.4 is 10.6 Å². The summed E-state index contributed by atoms with van der Waals surface area (Å²) in [6.45, 7) is 6.35. The van der Waals surface area contributed by atoms with Gasteiger partial charge in [0.05, 0.1) is 6.04 Å². The summed E-state index contributed by atoms with van der Waals surface area (Å²) in [5.41, 5.74) is 1.08. The van der Waals surface area contributed by atoms with Crippen molar-refractivity contribution in [2.45, 2.75) is 39.2 Å². The van der Waals surface area contributed by atoms with Gasteiger partial charge in [-0.3, -0.25) is 4.79 Å². The molecule has 0 saturated carbocycles. The Morgan fingerprint density at radius 3 is 2.64 bits per heavy atom. The molecule has 1 aromatic carbocycles. The van der Waals surface area contributed by atoms with E-state index in [1.165, 1.54) is 12.8 Å². The molecule has 1 heterocycles. The number of benzene rings is 1. The van der Waals surface area contributed by atoms with Crippen molar-refractivity contribution in [2.24, 2.45) is 11.8 Å². The maximum Gasteiger partial charge on any atom is 0.220 e. The first-order chi connectivity index (χ1) is 10.1. The highest BCUT2D eigenvalue weighted by Crippen LogP contribution is 2.23. The molecule has 2 N–H and O–H groups in total. The number of hydrogen-bond acceptors (Lipinski definition) is 2. The van der Waals surface area contributed by atoms with Gasteiger partial charge < -0.3 is 10.6 Å². The largest absolute Gasteiger partial charge is 0.350 e. The van der Waals surface area contributed by atoms with E-state index in [-0.39, 0.29) is 24.4 Å². The van der Waals surface area contributed by atoms with Gasteiger partial charge in [-0.15, -0.1) is 12.4 Å². The molecule has 124 valence electrons. The van der Waals surface area contributed by atoms with Crippen LogP contribution in [0.2, 0.25) is 5.02 Å². The number of rotatable bonds is 5. The van der Waals surface area contributed by atoms with Gasteiger partial charge in [0.15, 0.2) is 0 Å². The lowest BCUT2D eigenvalue weighted by Crippen LogP contribution is -2.36. The lowest BCUT2D eigenvalue weighted by molar-refractivity contribution is -0.123. The zero-order chi connectivity index (χ0) is 15.2. The molecule has 22 heavy (non-hydrogen) atoms. The monoisotopic (exact) mass is 344 g/mol.